The van der Waals surface area contributed by atoms with Crippen LogP contribution in [0, 0.1) is 0 Å². The van der Waals surface area contributed by atoms with Crippen LogP contribution in [0.15, 0.2) is 48.5 Å². The first-order valence-electron chi connectivity index (χ1n) is 6.88. The third kappa shape index (κ3) is 7.34. The Labute approximate surface area is 138 Å². The second-order valence-corrected chi connectivity index (χ2v) is 4.88. The molecule has 0 aliphatic heterocycles. The van der Waals surface area contributed by atoms with Gasteiger partial charge in [0.05, 0.1) is 13.2 Å². The van der Waals surface area contributed by atoms with Crippen LogP contribution < -0.4 is 9.47 Å². The molecule has 0 aliphatic carbocycles. The lowest BCUT2D eigenvalue weighted by atomic mass is 10.2. The van der Waals surface area contributed by atoms with Gasteiger partial charge in [0, 0.05) is 0 Å². The molecule has 2 aromatic carbocycles. The molecule has 0 N–H and O–H groups in total. The van der Waals surface area contributed by atoms with Crippen LogP contribution in [-0.2, 0) is 18.0 Å². The van der Waals surface area contributed by atoms with Gasteiger partial charge in [-0.15, -0.1) is 26.3 Å². The van der Waals surface area contributed by atoms with E-state index in [0.29, 0.717) is 11.1 Å². The summed E-state index contributed by atoms with van der Waals surface area (Å²) in [4.78, 5) is 0. The van der Waals surface area contributed by atoms with Crippen LogP contribution >= 0.6 is 0 Å². The SMILES string of the molecule is FC(F)(F)Oc1ccc(COCc2ccc(OC(F)(F)F)cc2)cc1. The summed E-state index contributed by atoms with van der Waals surface area (Å²) in [6, 6.07) is 10.3. The van der Waals surface area contributed by atoms with Gasteiger partial charge in [0.1, 0.15) is 11.5 Å². The second-order valence-electron chi connectivity index (χ2n) is 4.88. The highest BCUT2D eigenvalue weighted by Gasteiger charge is 2.31. The van der Waals surface area contributed by atoms with Crippen molar-refractivity contribution in [1.82, 2.24) is 0 Å². The predicted octanol–water partition coefficient (Wildman–Crippen LogP) is 5.20. The van der Waals surface area contributed by atoms with Gasteiger partial charge >= 0.3 is 12.7 Å². The highest BCUT2D eigenvalue weighted by molar-refractivity contribution is 5.28. The monoisotopic (exact) mass is 366 g/mol. The average Bonchev–Trinajstić information content (AvgIpc) is 2.48. The lowest BCUT2D eigenvalue weighted by Gasteiger charge is -2.10. The number of halogens is 6. The van der Waals surface area contributed by atoms with Crippen molar-refractivity contribution in [3.8, 4) is 11.5 Å². The first-order chi connectivity index (χ1) is 11.6. The summed E-state index contributed by atoms with van der Waals surface area (Å²) in [7, 11) is 0. The smallest absolute Gasteiger partial charge is 0.406 e. The fourth-order valence-electron chi connectivity index (χ4n) is 1.86. The molecule has 0 aliphatic rings. The van der Waals surface area contributed by atoms with Crippen molar-refractivity contribution in [3.05, 3.63) is 59.7 Å². The Bertz CT molecular complexity index is 603. The lowest BCUT2D eigenvalue weighted by molar-refractivity contribution is -0.275. The van der Waals surface area contributed by atoms with Gasteiger partial charge in [-0.1, -0.05) is 24.3 Å². The zero-order valence-electron chi connectivity index (χ0n) is 12.5. The largest absolute Gasteiger partial charge is 0.573 e. The van der Waals surface area contributed by atoms with Gasteiger partial charge in [0.15, 0.2) is 0 Å². The van der Waals surface area contributed by atoms with Crippen LogP contribution in [0.4, 0.5) is 26.3 Å². The van der Waals surface area contributed by atoms with E-state index >= 15 is 0 Å². The molecule has 0 unspecified atom stereocenters. The molecular formula is C16H12F6O3. The van der Waals surface area contributed by atoms with Crippen LogP contribution in [0.1, 0.15) is 11.1 Å². The Morgan fingerprint density at radius 1 is 0.560 bits per heavy atom. The molecule has 136 valence electrons. The van der Waals surface area contributed by atoms with Crippen molar-refractivity contribution >= 4 is 0 Å². The molecule has 9 heteroatoms. The Kier molecular flexibility index (Phi) is 5.78. The first-order valence-corrected chi connectivity index (χ1v) is 6.88. The van der Waals surface area contributed by atoms with Crippen LogP contribution in [-0.4, -0.2) is 12.7 Å². The highest BCUT2D eigenvalue weighted by Crippen LogP contribution is 2.24. The molecule has 0 fully saturated rings. The van der Waals surface area contributed by atoms with Crippen molar-refractivity contribution in [2.24, 2.45) is 0 Å². The van der Waals surface area contributed by atoms with Gasteiger partial charge in [0.25, 0.3) is 0 Å². The summed E-state index contributed by atoms with van der Waals surface area (Å²) < 4.78 is 85.0. The zero-order chi connectivity index (χ0) is 18.5. The van der Waals surface area contributed by atoms with Crippen molar-refractivity contribution in [3.63, 3.8) is 0 Å². The third-order valence-corrected chi connectivity index (χ3v) is 2.85. The number of rotatable bonds is 6. The third-order valence-electron chi connectivity index (χ3n) is 2.85. The normalized spacial score (nSPS) is 12.1. The van der Waals surface area contributed by atoms with Crippen LogP contribution in [0.5, 0.6) is 11.5 Å². The molecule has 0 spiro atoms. The average molecular weight is 366 g/mol. The number of alkyl halides is 6. The van der Waals surface area contributed by atoms with E-state index < -0.39 is 12.7 Å². The number of ether oxygens (including phenoxy) is 3. The van der Waals surface area contributed by atoms with Crippen LogP contribution in [0.2, 0.25) is 0 Å². The van der Waals surface area contributed by atoms with E-state index in [-0.39, 0.29) is 24.7 Å². The quantitative estimate of drug-likeness (QED) is 0.658. The molecule has 0 aromatic heterocycles. The zero-order valence-corrected chi connectivity index (χ0v) is 12.5. The summed E-state index contributed by atoms with van der Waals surface area (Å²) in [6.07, 6.45) is -9.50. The van der Waals surface area contributed by atoms with Crippen molar-refractivity contribution < 1.29 is 40.6 Å². The first kappa shape index (κ1) is 18.9. The molecule has 0 atom stereocenters. The highest BCUT2D eigenvalue weighted by atomic mass is 19.4. The van der Waals surface area contributed by atoms with Gasteiger partial charge < -0.3 is 14.2 Å². The summed E-state index contributed by atoms with van der Waals surface area (Å²) >= 11 is 0. The standard InChI is InChI=1S/C16H12F6O3/c17-15(18,19)24-13-5-1-11(2-6-13)9-23-10-12-3-7-14(8-4-12)25-16(20,21)22/h1-8H,9-10H2. The minimum Gasteiger partial charge on any atom is -0.406 e. The Balaban J connectivity index is 1.80. The molecule has 0 amide bonds. The maximum atomic E-state index is 12.0. The van der Waals surface area contributed by atoms with Crippen LogP contribution in [0.3, 0.4) is 0 Å². The minimum absolute atomic E-state index is 0.118. The van der Waals surface area contributed by atoms with Gasteiger partial charge in [-0.05, 0) is 35.4 Å². The second kappa shape index (κ2) is 7.64. The van der Waals surface area contributed by atoms with Crippen molar-refractivity contribution in [2.45, 2.75) is 25.9 Å². The summed E-state index contributed by atoms with van der Waals surface area (Å²) in [5.41, 5.74) is 1.23. The Morgan fingerprint density at radius 3 is 1.16 bits per heavy atom. The van der Waals surface area contributed by atoms with Crippen molar-refractivity contribution in [2.75, 3.05) is 0 Å². The molecule has 0 saturated heterocycles. The van der Waals surface area contributed by atoms with E-state index in [1.165, 1.54) is 24.3 Å². The molecule has 0 bridgehead atoms. The predicted molar refractivity (Wildman–Crippen MR) is 74.7 cm³/mol. The van der Waals surface area contributed by atoms with E-state index in [2.05, 4.69) is 9.47 Å². The molecule has 3 nitrogen and oxygen atoms in total. The van der Waals surface area contributed by atoms with E-state index in [9.17, 15) is 26.3 Å². The summed E-state index contributed by atoms with van der Waals surface area (Å²) in [5.74, 6) is -0.673. The number of hydrogen-bond donors (Lipinski definition) is 0. The van der Waals surface area contributed by atoms with Gasteiger partial charge in [-0.2, -0.15) is 0 Å². The summed E-state index contributed by atoms with van der Waals surface area (Å²) in [5, 5.41) is 0. The van der Waals surface area contributed by atoms with E-state index in [1.807, 2.05) is 0 Å². The van der Waals surface area contributed by atoms with E-state index in [4.69, 9.17) is 4.74 Å². The molecule has 0 saturated carbocycles. The lowest BCUT2D eigenvalue weighted by Crippen LogP contribution is -2.17. The fourth-order valence-corrected chi connectivity index (χ4v) is 1.86. The number of benzene rings is 2. The van der Waals surface area contributed by atoms with Crippen molar-refractivity contribution in [1.29, 1.82) is 0 Å². The van der Waals surface area contributed by atoms with Gasteiger partial charge in [0.2, 0.25) is 0 Å². The summed E-state index contributed by atoms with van der Waals surface area (Å²) in [6.45, 7) is 0.236. The van der Waals surface area contributed by atoms with Gasteiger partial charge in [-0.3, -0.25) is 0 Å². The molecule has 0 radical (unpaired) electrons. The molecule has 0 heterocycles. The molecule has 2 rings (SSSR count). The van der Waals surface area contributed by atoms with Crippen LogP contribution in [0.25, 0.3) is 0 Å². The van der Waals surface area contributed by atoms with Gasteiger partial charge in [-0.25, -0.2) is 0 Å². The maximum Gasteiger partial charge on any atom is 0.573 e. The Morgan fingerprint density at radius 2 is 0.880 bits per heavy atom. The Hall–Kier alpha value is -2.42. The molecule has 2 aromatic rings. The number of hydrogen-bond acceptors (Lipinski definition) is 3. The maximum absolute atomic E-state index is 12.0. The van der Waals surface area contributed by atoms with E-state index in [0.717, 1.165) is 24.3 Å². The fraction of sp³-hybridized carbons (Fsp3) is 0.250. The minimum atomic E-state index is -4.75. The molecular weight excluding hydrogens is 354 g/mol. The molecule has 25 heavy (non-hydrogen) atoms. The van der Waals surface area contributed by atoms with E-state index in [1.54, 1.807) is 0 Å². The topological polar surface area (TPSA) is 27.7 Å².